The summed E-state index contributed by atoms with van der Waals surface area (Å²) in [6.45, 7) is 17.7. The third-order valence-electron chi connectivity index (χ3n) is 6.22. The van der Waals surface area contributed by atoms with Crippen molar-refractivity contribution in [1.82, 2.24) is 0 Å². The van der Waals surface area contributed by atoms with Crippen LogP contribution in [-0.2, 0) is 14.7 Å². The lowest BCUT2D eigenvalue weighted by Crippen LogP contribution is -2.41. The van der Waals surface area contributed by atoms with E-state index in [0.29, 0.717) is 5.92 Å². The Balaban J connectivity index is 1.99. The Morgan fingerprint density at radius 3 is 2.00 bits per heavy atom. The van der Waals surface area contributed by atoms with Crippen molar-refractivity contribution in [2.45, 2.75) is 90.8 Å². The summed E-state index contributed by atoms with van der Waals surface area (Å²) in [5.41, 5.74) is 3.52. The largest absolute Gasteiger partial charge is 0.494 e. The molecule has 0 aromatic heterocycles. The molecule has 0 amide bonds. The highest BCUT2D eigenvalue weighted by Gasteiger charge is 2.52. The van der Waals surface area contributed by atoms with Crippen LogP contribution in [0.1, 0.15) is 85.3 Å². The minimum absolute atomic E-state index is 0.123. The Hall–Kier alpha value is -0.795. The lowest BCUT2D eigenvalue weighted by atomic mass is 9.73. The van der Waals surface area contributed by atoms with Gasteiger partial charge >= 0.3 is 7.12 Å². The van der Waals surface area contributed by atoms with E-state index in [0.717, 1.165) is 5.92 Å². The topological polar surface area (TPSA) is 18.5 Å². The van der Waals surface area contributed by atoms with Crippen LogP contribution in [0.15, 0.2) is 18.2 Å². The van der Waals surface area contributed by atoms with Crippen LogP contribution in [0.5, 0.6) is 0 Å². The van der Waals surface area contributed by atoms with Gasteiger partial charge in [-0.3, -0.25) is 0 Å². The quantitative estimate of drug-likeness (QED) is 0.742. The second kappa shape index (κ2) is 5.61. The highest BCUT2D eigenvalue weighted by molar-refractivity contribution is 6.62. The lowest BCUT2D eigenvalue weighted by molar-refractivity contribution is 0.00578. The monoisotopic (exact) mass is 328 g/mol. The molecule has 1 saturated carbocycles. The molecule has 3 heteroatoms. The summed E-state index contributed by atoms with van der Waals surface area (Å²) in [5.74, 6) is 1.47. The average Bonchev–Trinajstić information content (AvgIpc) is 3.25. The van der Waals surface area contributed by atoms with Gasteiger partial charge in [0.25, 0.3) is 0 Å². The van der Waals surface area contributed by atoms with Crippen LogP contribution in [0.3, 0.4) is 0 Å². The molecule has 0 bridgehead atoms. The average molecular weight is 328 g/mol. The summed E-state index contributed by atoms with van der Waals surface area (Å²) in [6.07, 6.45) is 2.74. The van der Waals surface area contributed by atoms with E-state index in [4.69, 9.17) is 9.31 Å². The number of hydrogen-bond donors (Lipinski definition) is 0. The summed E-state index contributed by atoms with van der Waals surface area (Å²) in [5, 5.41) is 0. The third-order valence-corrected chi connectivity index (χ3v) is 6.22. The van der Waals surface area contributed by atoms with Gasteiger partial charge in [0.15, 0.2) is 0 Å². The lowest BCUT2D eigenvalue weighted by Gasteiger charge is -2.32. The molecule has 1 aromatic rings. The minimum Gasteiger partial charge on any atom is -0.399 e. The van der Waals surface area contributed by atoms with Gasteiger partial charge in [-0.25, -0.2) is 0 Å². The summed E-state index contributed by atoms with van der Waals surface area (Å²) in [7, 11) is -0.276. The zero-order chi connectivity index (χ0) is 17.9. The summed E-state index contributed by atoms with van der Waals surface area (Å²) in [6, 6.07) is 7.00. The maximum Gasteiger partial charge on any atom is 0.494 e. The fourth-order valence-electron chi connectivity index (χ4n) is 3.36. The number of benzene rings is 1. The second-order valence-corrected chi connectivity index (χ2v) is 9.85. The van der Waals surface area contributed by atoms with E-state index in [2.05, 4.69) is 73.6 Å². The van der Waals surface area contributed by atoms with Gasteiger partial charge in [-0.2, -0.15) is 0 Å². The van der Waals surface area contributed by atoms with E-state index >= 15 is 0 Å². The molecule has 2 aliphatic rings. The molecule has 2 nitrogen and oxygen atoms in total. The van der Waals surface area contributed by atoms with Gasteiger partial charge in [-0.05, 0) is 74.4 Å². The van der Waals surface area contributed by atoms with Crippen LogP contribution in [0, 0.1) is 5.92 Å². The first-order valence-corrected chi connectivity index (χ1v) is 9.42. The van der Waals surface area contributed by atoms with Gasteiger partial charge in [0, 0.05) is 0 Å². The number of hydrogen-bond acceptors (Lipinski definition) is 2. The van der Waals surface area contributed by atoms with Crippen molar-refractivity contribution in [3.63, 3.8) is 0 Å². The predicted molar refractivity (Wildman–Crippen MR) is 102 cm³/mol. The first kappa shape index (κ1) is 18.0. The highest BCUT2D eigenvalue weighted by atomic mass is 16.7. The Morgan fingerprint density at radius 2 is 1.54 bits per heavy atom. The summed E-state index contributed by atoms with van der Waals surface area (Å²) in [4.78, 5) is 0. The van der Waals surface area contributed by atoms with Crippen LogP contribution < -0.4 is 5.46 Å². The van der Waals surface area contributed by atoms with Gasteiger partial charge in [0.2, 0.25) is 0 Å². The minimum atomic E-state index is -0.294. The SMILES string of the molecule is CC(c1cc(B2OC(C)(C)C(C)(C)O2)cc(C(C)(C)C)c1)C1CC1. The summed E-state index contributed by atoms with van der Waals surface area (Å²) < 4.78 is 12.6. The van der Waals surface area contributed by atoms with Crippen molar-refractivity contribution in [3.05, 3.63) is 29.3 Å². The molecular weight excluding hydrogens is 295 g/mol. The van der Waals surface area contributed by atoms with Crippen molar-refractivity contribution in [2.75, 3.05) is 0 Å². The Bertz CT molecular complexity index is 607. The third kappa shape index (κ3) is 3.30. The highest BCUT2D eigenvalue weighted by Crippen LogP contribution is 2.43. The molecule has 24 heavy (non-hydrogen) atoms. The Kier molecular flexibility index (Phi) is 4.21. The van der Waals surface area contributed by atoms with E-state index in [1.807, 2.05) is 0 Å². The van der Waals surface area contributed by atoms with Crippen LogP contribution in [0.4, 0.5) is 0 Å². The predicted octanol–water partition coefficient (Wildman–Crippen LogP) is 4.80. The molecule has 3 rings (SSSR count). The standard InChI is InChI=1S/C21H33BO2/c1-14(15-9-10-15)16-11-17(19(2,3)4)13-18(12-16)22-23-20(5,6)21(7,8)24-22/h11-15H,9-10H2,1-8H3. The fraction of sp³-hybridized carbons (Fsp3) is 0.714. The van der Waals surface area contributed by atoms with Crippen LogP contribution in [-0.4, -0.2) is 18.3 Å². The molecule has 1 unspecified atom stereocenters. The van der Waals surface area contributed by atoms with Crippen LogP contribution in [0.25, 0.3) is 0 Å². The molecule has 1 saturated heterocycles. The molecule has 2 fully saturated rings. The van der Waals surface area contributed by atoms with E-state index in [1.165, 1.54) is 29.4 Å². The molecule has 132 valence electrons. The molecule has 0 N–H and O–H groups in total. The first-order chi connectivity index (χ1) is 10.9. The van der Waals surface area contributed by atoms with E-state index in [9.17, 15) is 0 Å². The zero-order valence-electron chi connectivity index (χ0n) is 16.7. The molecule has 1 aromatic carbocycles. The second-order valence-electron chi connectivity index (χ2n) is 9.85. The van der Waals surface area contributed by atoms with Crippen molar-refractivity contribution < 1.29 is 9.31 Å². The maximum atomic E-state index is 6.31. The van der Waals surface area contributed by atoms with Gasteiger partial charge in [-0.15, -0.1) is 0 Å². The summed E-state index contributed by atoms with van der Waals surface area (Å²) >= 11 is 0. The zero-order valence-corrected chi connectivity index (χ0v) is 16.7. The Morgan fingerprint density at radius 1 is 1.00 bits per heavy atom. The van der Waals surface area contributed by atoms with Crippen molar-refractivity contribution in [1.29, 1.82) is 0 Å². The van der Waals surface area contributed by atoms with Crippen molar-refractivity contribution in [2.24, 2.45) is 5.92 Å². The van der Waals surface area contributed by atoms with Gasteiger partial charge < -0.3 is 9.31 Å². The van der Waals surface area contributed by atoms with Gasteiger partial charge in [0.1, 0.15) is 0 Å². The normalized spacial score (nSPS) is 24.2. The molecular formula is C21H33BO2. The van der Waals surface area contributed by atoms with Crippen molar-refractivity contribution in [3.8, 4) is 0 Å². The smallest absolute Gasteiger partial charge is 0.399 e. The molecule has 1 atom stereocenters. The molecule has 0 radical (unpaired) electrons. The van der Waals surface area contributed by atoms with Gasteiger partial charge in [-0.1, -0.05) is 45.9 Å². The van der Waals surface area contributed by atoms with Crippen LogP contribution in [0.2, 0.25) is 0 Å². The molecule has 1 heterocycles. The van der Waals surface area contributed by atoms with Crippen LogP contribution >= 0.6 is 0 Å². The van der Waals surface area contributed by atoms with E-state index in [1.54, 1.807) is 0 Å². The number of rotatable bonds is 3. The maximum absolute atomic E-state index is 6.31. The fourth-order valence-corrected chi connectivity index (χ4v) is 3.36. The molecule has 1 aliphatic heterocycles. The Labute approximate surface area is 148 Å². The van der Waals surface area contributed by atoms with Gasteiger partial charge in [0.05, 0.1) is 11.2 Å². The van der Waals surface area contributed by atoms with E-state index in [-0.39, 0.29) is 23.7 Å². The first-order valence-electron chi connectivity index (χ1n) is 9.42. The molecule has 0 spiro atoms. The van der Waals surface area contributed by atoms with Crippen molar-refractivity contribution >= 4 is 12.6 Å². The molecule has 1 aliphatic carbocycles. The van der Waals surface area contributed by atoms with E-state index < -0.39 is 0 Å².